The van der Waals surface area contributed by atoms with Gasteiger partial charge in [-0.3, -0.25) is 4.68 Å². The Hall–Kier alpha value is -2.39. The Kier molecular flexibility index (Phi) is 5.52. The second-order valence-corrected chi connectivity index (χ2v) is 8.78. The van der Waals surface area contributed by atoms with Crippen molar-refractivity contribution in [3.63, 3.8) is 0 Å². The number of hydrogen-bond donors (Lipinski definition) is 1. The lowest BCUT2D eigenvalue weighted by atomic mass is 9.93. The molecule has 0 radical (unpaired) electrons. The fourth-order valence-corrected chi connectivity index (χ4v) is 4.78. The van der Waals surface area contributed by atoms with Crippen molar-refractivity contribution >= 4 is 29.0 Å². The standard InChI is InChI=1S/C23H23Cl2FN4O3/c1-12(20-17(24)2-3-18(26)21(20)25)33-19-6-13(7-28-22(19)27)14-8-29-30(9-14)10-15-11-32-23-16(15)4-5-31-23/h2-3,6-9,12,15-16,23H,4-5,10-11H2,1H3,(H2,27,28)/t12-,15?,16?,23?/m1/s1/i16D,23D. The van der Waals surface area contributed by atoms with Gasteiger partial charge in [0, 0.05) is 53.8 Å². The molecule has 0 bridgehead atoms. The molecule has 5 rings (SSSR count). The van der Waals surface area contributed by atoms with Crippen molar-refractivity contribution in [2.45, 2.75) is 32.3 Å². The topological polar surface area (TPSA) is 84.4 Å². The molecule has 174 valence electrons. The van der Waals surface area contributed by atoms with Gasteiger partial charge in [0.25, 0.3) is 0 Å². The Morgan fingerprint density at radius 1 is 1.33 bits per heavy atom. The van der Waals surface area contributed by atoms with Gasteiger partial charge in [-0.25, -0.2) is 9.37 Å². The van der Waals surface area contributed by atoms with Crippen molar-refractivity contribution in [1.29, 1.82) is 0 Å². The van der Waals surface area contributed by atoms with Gasteiger partial charge in [0.05, 0.1) is 25.8 Å². The van der Waals surface area contributed by atoms with Crippen molar-refractivity contribution in [3.05, 3.63) is 58.2 Å². The normalized spacial score (nSPS) is 28.3. The third-order valence-electron chi connectivity index (χ3n) is 5.82. The van der Waals surface area contributed by atoms with Crippen molar-refractivity contribution in [1.82, 2.24) is 14.8 Å². The van der Waals surface area contributed by atoms with Gasteiger partial charge in [-0.15, -0.1) is 0 Å². The van der Waals surface area contributed by atoms with Crippen molar-refractivity contribution < 1.29 is 21.3 Å². The van der Waals surface area contributed by atoms with Crippen LogP contribution < -0.4 is 10.5 Å². The summed E-state index contributed by atoms with van der Waals surface area (Å²) in [5.41, 5.74) is 7.80. The van der Waals surface area contributed by atoms with Crippen LogP contribution in [-0.2, 0) is 16.0 Å². The Morgan fingerprint density at radius 3 is 3.03 bits per heavy atom. The zero-order valence-electron chi connectivity index (χ0n) is 19.7. The number of nitrogens with zero attached hydrogens (tertiary/aromatic N) is 3. The van der Waals surface area contributed by atoms with Gasteiger partial charge >= 0.3 is 0 Å². The number of hydrogen-bond acceptors (Lipinski definition) is 6. The highest BCUT2D eigenvalue weighted by molar-refractivity contribution is 6.36. The van der Waals surface area contributed by atoms with E-state index >= 15 is 0 Å². The highest BCUT2D eigenvalue weighted by Crippen LogP contribution is 2.38. The van der Waals surface area contributed by atoms with Crippen LogP contribution in [0.5, 0.6) is 5.75 Å². The molecule has 4 atom stereocenters. The van der Waals surface area contributed by atoms with Crippen molar-refractivity contribution in [2.75, 3.05) is 18.9 Å². The third kappa shape index (κ3) is 4.40. The van der Waals surface area contributed by atoms with Crippen LogP contribution >= 0.6 is 23.2 Å². The van der Waals surface area contributed by atoms with E-state index in [1.165, 1.54) is 12.1 Å². The van der Waals surface area contributed by atoms with Gasteiger partial charge in [0.15, 0.2) is 17.8 Å². The van der Waals surface area contributed by atoms with E-state index in [0.717, 1.165) is 5.56 Å². The molecule has 3 unspecified atom stereocenters. The summed E-state index contributed by atoms with van der Waals surface area (Å²) in [5.74, 6) is -1.53. The van der Waals surface area contributed by atoms with Gasteiger partial charge < -0.3 is 19.9 Å². The molecule has 0 amide bonds. The number of anilines is 1. The minimum absolute atomic E-state index is 0.110. The highest BCUT2D eigenvalue weighted by Gasteiger charge is 2.41. The Labute approximate surface area is 203 Å². The van der Waals surface area contributed by atoms with E-state index in [1.807, 2.05) is 6.20 Å². The molecule has 2 fully saturated rings. The van der Waals surface area contributed by atoms with E-state index in [9.17, 15) is 4.39 Å². The highest BCUT2D eigenvalue weighted by atomic mass is 35.5. The molecule has 2 aliphatic heterocycles. The molecule has 10 heteroatoms. The van der Waals surface area contributed by atoms with Gasteiger partial charge in [-0.2, -0.15) is 5.10 Å². The predicted octanol–water partition coefficient (Wildman–Crippen LogP) is 5.12. The van der Waals surface area contributed by atoms with E-state index in [0.29, 0.717) is 30.7 Å². The first-order valence-corrected chi connectivity index (χ1v) is 11.2. The SMILES string of the molecule is [2H]C12OCCC1([2H])C(Cn1cc(-c3cnc(N)c(O[C@H](C)c4c(Cl)ccc(F)c4Cl)c3)cn1)CO2. The largest absolute Gasteiger partial charge is 0.482 e. The smallest absolute Gasteiger partial charge is 0.166 e. The maximum Gasteiger partial charge on any atom is 0.166 e. The molecular formula is C23H23Cl2FN4O3. The molecule has 1 aromatic carbocycles. The monoisotopic (exact) mass is 494 g/mol. The van der Waals surface area contributed by atoms with Crippen LogP contribution in [-0.4, -0.2) is 34.2 Å². The number of rotatable bonds is 6. The maximum atomic E-state index is 14.0. The molecule has 0 aliphatic carbocycles. The zero-order valence-corrected chi connectivity index (χ0v) is 19.2. The summed E-state index contributed by atoms with van der Waals surface area (Å²) in [6.07, 6.45) is 3.22. The van der Waals surface area contributed by atoms with E-state index in [1.54, 1.807) is 30.1 Å². The lowest BCUT2D eigenvalue weighted by Crippen LogP contribution is -2.20. The molecule has 2 aliphatic rings. The molecule has 33 heavy (non-hydrogen) atoms. The molecular weight excluding hydrogens is 470 g/mol. The van der Waals surface area contributed by atoms with Gasteiger partial charge in [0.2, 0.25) is 0 Å². The summed E-state index contributed by atoms with van der Waals surface area (Å²) in [6, 6.07) is 4.33. The molecule has 2 aromatic heterocycles. The van der Waals surface area contributed by atoms with Gasteiger partial charge in [-0.05, 0) is 31.5 Å². The quantitative estimate of drug-likeness (QED) is 0.478. The fourth-order valence-electron chi connectivity index (χ4n) is 4.10. The molecule has 0 spiro atoms. The van der Waals surface area contributed by atoms with Crippen LogP contribution in [0, 0.1) is 17.6 Å². The average molecular weight is 495 g/mol. The summed E-state index contributed by atoms with van der Waals surface area (Å²) in [6.45, 7) is 2.69. The van der Waals surface area contributed by atoms with E-state index in [-0.39, 0.29) is 34.1 Å². The number of nitrogen functional groups attached to an aromatic ring is 1. The van der Waals surface area contributed by atoms with Crippen LogP contribution in [0.3, 0.4) is 0 Å². The van der Waals surface area contributed by atoms with Gasteiger partial charge in [-0.1, -0.05) is 23.2 Å². The van der Waals surface area contributed by atoms with Crippen LogP contribution in [0.4, 0.5) is 10.2 Å². The van der Waals surface area contributed by atoms with Crippen molar-refractivity contribution in [3.8, 4) is 16.9 Å². The van der Waals surface area contributed by atoms with Crippen LogP contribution in [0.15, 0.2) is 36.8 Å². The third-order valence-corrected chi connectivity index (χ3v) is 6.53. The molecule has 2 N–H and O–H groups in total. The molecule has 7 nitrogen and oxygen atoms in total. The molecule has 3 aromatic rings. The second kappa shape index (κ2) is 9.10. The number of pyridine rings is 1. The Balaban J connectivity index is 1.35. The maximum absolute atomic E-state index is 14.0. The summed E-state index contributed by atoms with van der Waals surface area (Å²) < 4.78 is 49.6. The minimum Gasteiger partial charge on any atom is -0.482 e. The summed E-state index contributed by atoms with van der Waals surface area (Å²) in [4.78, 5) is 4.23. The number of halogens is 3. The minimum atomic E-state index is -1.62. The summed E-state index contributed by atoms with van der Waals surface area (Å²) in [7, 11) is 0. The molecule has 2 saturated heterocycles. The van der Waals surface area contributed by atoms with Crippen LogP contribution in [0.1, 0.15) is 27.8 Å². The van der Waals surface area contributed by atoms with E-state index in [2.05, 4.69) is 10.1 Å². The zero-order chi connectivity index (χ0) is 25.0. The average Bonchev–Trinajstić information content (AvgIpc) is 3.46. The number of fused-ring (bicyclic) bond motifs is 1. The van der Waals surface area contributed by atoms with Crippen LogP contribution in [0.2, 0.25) is 10.0 Å². The first-order valence-electron chi connectivity index (χ1n) is 11.5. The summed E-state index contributed by atoms with van der Waals surface area (Å²) in [5, 5.41) is 4.59. The lowest BCUT2D eigenvalue weighted by Gasteiger charge is -2.19. The predicted molar refractivity (Wildman–Crippen MR) is 123 cm³/mol. The number of nitrogens with two attached hydrogens (primary N) is 1. The second-order valence-electron chi connectivity index (χ2n) is 7.99. The Morgan fingerprint density at radius 2 is 2.18 bits per heavy atom. The first kappa shape index (κ1) is 20.0. The van der Waals surface area contributed by atoms with Crippen molar-refractivity contribution in [2.24, 2.45) is 11.8 Å². The van der Waals surface area contributed by atoms with Gasteiger partial charge in [0.1, 0.15) is 11.9 Å². The Bertz CT molecular complexity index is 1280. The summed E-state index contributed by atoms with van der Waals surface area (Å²) >= 11 is 12.3. The first-order chi connectivity index (χ1) is 16.6. The van der Waals surface area contributed by atoms with E-state index < -0.39 is 24.1 Å². The van der Waals surface area contributed by atoms with E-state index in [4.69, 9.17) is 45.9 Å². The molecule has 0 saturated carbocycles. The molecule has 4 heterocycles. The lowest BCUT2D eigenvalue weighted by molar-refractivity contribution is -0.0905. The van der Waals surface area contributed by atoms with Crippen LogP contribution in [0.25, 0.3) is 11.1 Å². The number of aromatic nitrogens is 3. The fraction of sp³-hybridized carbons (Fsp3) is 0.391. The number of benzene rings is 1. The number of ether oxygens (including phenoxy) is 3.